The van der Waals surface area contributed by atoms with Gasteiger partial charge in [0.2, 0.25) is 0 Å². The first-order valence-electron chi connectivity index (χ1n) is 10.6. The maximum absolute atomic E-state index is 13.4. The van der Waals surface area contributed by atoms with Crippen LogP contribution in [0.1, 0.15) is 11.1 Å². The number of fused-ring (bicyclic) bond motifs is 5. The van der Waals surface area contributed by atoms with Crippen LogP contribution < -0.4 is 0 Å². The van der Waals surface area contributed by atoms with E-state index in [2.05, 4.69) is 12.1 Å². The van der Waals surface area contributed by atoms with Crippen LogP contribution in [0.5, 0.6) is 0 Å². The van der Waals surface area contributed by atoms with Gasteiger partial charge < -0.3 is 9.47 Å². The lowest BCUT2D eigenvalue weighted by Gasteiger charge is -2.34. The molecule has 0 saturated carbocycles. The van der Waals surface area contributed by atoms with Crippen LogP contribution in [0.15, 0.2) is 84.9 Å². The molecule has 0 aromatic heterocycles. The Kier molecular flexibility index (Phi) is 4.34. The van der Waals surface area contributed by atoms with Gasteiger partial charge in [0.15, 0.2) is 0 Å². The van der Waals surface area contributed by atoms with Crippen molar-refractivity contribution in [3.05, 3.63) is 108 Å². The first-order chi connectivity index (χ1) is 16.0. The second-order valence-electron chi connectivity index (χ2n) is 8.44. The molecule has 0 bridgehead atoms. The maximum atomic E-state index is 13.4. The van der Waals surface area contributed by atoms with Crippen molar-refractivity contribution in [2.45, 2.75) is 5.41 Å². The molecule has 33 heavy (non-hydrogen) atoms. The monoisotopic (exact) mass is 440 g/mol. The molecule has 2 aliphatic rings. The molecule has 1 fully saturated rings. The van der Waals surface area contributed by atoms with E-state index in [9.17, 15) is 13.6 Å². The van der Waals surface area contributed by atoms with Crippen LogP contribution in [0, 0.1) is 11.6 Å². The summed E-state index contributed by atoms with van der Waals surface area (Å²) >= 11 is 0. The number of cyclic esters (lactones) is 2. The predicted molar refractivity (Wildman–Crippen MR) is 121 cm³/mol. The third-order valence-electron chi connectivity index (χ3n) is 6.59. The molecule has 5 heteroatoms. The van der Waals surface area contributed by atoms with Crippen molar-refractivity contribution >= 4 is 6.16 Å². The highest BCUT2D eigenvalue weighted by molar-refractivity contribution is 5.88. The number of benzene rings is 4. The average Bonchev–Trinajstić information content (AvgIpc) is 3.10. The number of rotatable bonds is 2. The number of hydrogen-bond acceptors (Lipinski definition) is 3. The Hall–Kier alpha value is -3.99. The van der Waals surface area contributed by atoms with Gasteiger partial charge in [-0.25, -0.2) is 13.6 Å². The third-order valence-corrected chi connectivity index (χ3v) is 6.59. The quantitative estimate of drug-likeness (QED) is 0.324. The fraction of sp³-hybridized carbons (Fsp3) is 0.107. The first-order valence-corrected chi connectivity index (χ1v) is 10.6. The van der Waals surface area contributed by atoms with Gasteiger partial charge in [-0.15, -0.1) is 0 Å². The lowest BCUT2D eigenvalue weighted by molar-refractivity contribution is -0.0140. The van der Waals surface area contributed by atoms with E-state index in [-0.39, 0.29) is 24.8 Å². The van der Waals surface area contributed by atoms with Crippen molar-refractivity contribution in [1.82, 2.24) is 0 Å². The van der Waals surface area contributed by atoms with Gasteiger partial charge in [0.25, 0.3) is 0 Å². The number of carbonyl (C=O) groups excluding carboxylic acids is 1. The van der Waals surface area contributed by atoms with Gasteiger partial charge in [-0.1, -0.05) is 48.5 Å². The van der Waals surface area contributed by atoms with E-state index in [0.717, 1.165) is 44.5 Å². The second-order valence-corrected chi connectivity index (χ2v) is 8.44. The Labute approximate surface area is 189 Å². The third kappa shape index (κ3) is 3.11. The minimum atomic E-state index is -0.665. The van der Waals surface area contributed by atoms with Gasteiger partial charge in [-0.05, 0) is 80.9 Å². The summed E-state index contributed by atoms with van der Waals surface area (Å²) in [7, 11) is 0. The molecule has 0 amide bonds. The topological polar surface area (TPSA) is 35.5 Å². The Morgan fingerprint density at radius 3 is 1.39 bits per heavy atom. The molecule has 0 unspecified atom stereocenters. The fourth-order valence-corrected chi connectivity index (χ4v) is 4.92. The van der Waals surface area contributed by atoms with Crippen LogP contribution in [-0.4, -0.2) is 19.4 Å². The minimum absolute atomic E-state index is 0.192. The summed E-state index contributed by atoms with van der Waals surface area (Å²) in [6.45, 7) is 0.384. The molecule has 1 aliphatic carbocycles. The van der Waals surface area contributed by atoms with Crippen molar-refractivity contribution in [2.24, 2.45) is 0 Å². The van der Waals surface area contributed by atoms with E-state index in [1.165, 1.54) is 24.3 Å². The molecular formula is C28H18F2O3. The Morgan fingerprint density at radius 2 is 0.970 bits per heavy atom. The Balaban J connectivity index is 1.54. The molecule has 6 rings (SSSR count). The highest BCUT2D eigenvalue weighted by Gasteiger charge is 2.48. The van der Waals surface area contributed by atoms with Crippen LogP contribution in [0.25, 0.3) is 33.4 Å². The molecule has 1 aliphatic heterocycles. The molecule has 4 aromatic carbocycles. The van der Waals surface area contributed by atoms with Gasteiger partial charge in [-0.3, -0.25) is 0 Å². The standard InChI is InChI=1S/C28H18F2O3/c29-21-7-1-17(2-8-21)19-5-11-25-23(13-19)24-14-20(18-3-9-22(30)10-4-18)6-12-26(24)28(25)15-32-27(31)33-16-28/h1-14H,15-16H2. The molecule has 1 saturated heterocycles. The van der Waals surface area contributed by atoms with Crippen LogP contribution in [0.4, 0.5) is 13.6 Å². The molecule has 4 aromatic rings. The maximum Gasteiger partial charge on any atom is 0.508 e. The lowest BCUT2D eigenvalue weighted by atomic mass is 9.78. The van der Waals surface area contributed by atoms with Crippen LogP contribution in [-0.2, 0) is 14.9 Å². The lowest BCUT2D eigenvalue weighted by Crippen LogP contribution is -2.42. The molecule has 0 atom stereocenters. The first kappa shape index (κ1) is 19.7. The molecule has 3 nitrogen and oxygen atoms in total. The minimum Gasteiger partial charge on any atom is -0.433 e. The van der Waals surface area contributed by atoms with E-state index in [1.54, 1.807) is 24.3 Å². The summed E-state index contributed by atoms with van der Waals surface area (Å²) in [4.78, 5) is 11.7. The molecule has 0 N–H and O–H groups in total. The predicted octanol–water partition coefficient (Wildman–Crippen LogP) is 6.73. The zero-order chi connectivity index (χ0) is 22.6. The zero-order valence-corrected chi connectivity index (χ0v) is 17.5. The molecular weight excluding hydrogens is 422 g/mol. The van der Waals surface area contributed by atoms with Gasteiger partial charge in [0.05, 0.1) is 5.41 Å². The van der Waals surface area contributed by atoms with Crippen LogP contribution in [0.3, 0.4) is 0 Å². The van der Waals surface area contributed by atoms with Crippen LogP contribution in [0.2, 0.25) is 0 Å². The van der Waals surface area contributed by atoms with E-state index in [1.807, 2.05) is 24.3 Å². The zero-order valence-electron chi connectivity index (χ0n) is 17.5. The molecule has 162 valence electrons. The van der Waals surface area contributed by atoms with Gasteiger partial charge in [0, 0.05) is 0 Å². The van der Waals surface area contributed by atoms with Gasteiger partial charge in [0.1, 0.15) is 24.8 Å². The van der Waals surface area contributed by atoms with E-state index in [4.69, 9.17) is 9.47 Å². The number of halogens is 2. The largest absolute Gasteiger partial charge is 0.508 e. The Bertz CT molecular complexity index is 1290. The van der Waals surface area contributed by atoms with Gasteiger partial charge in [-0.2, -0.15) is 0 Å². The number of ether oxygens (including phenoxy) is 2. The SMILES string of the molecule is O=C1OCC2(CO1)c1ccc(-c3ccc(F)cc3)cc1-c1cc(-c3ccc(F)cc3)ccc12. The summed E-state index contributed by atoms with van der Waals surface area (Å²) in [5.74, 6) is -0.566. The Morgan fingerprint density at radius 1 is 0.576 bits per heavy atom. The van der Waals surface area contributed by atoms with E-state index >= 15 is 0 Å². The van der Waals surface area contributed by atoms with E-state index < -0.39 is 11.6 Å². The van der Waals surface area contributed by atoms with Gasteiger partial charge >= 0.3 is 6.16 Å². The van der Waals surface area contributed by atoms with Crippen molar-refractivity contribution in [1.29, 1.82) is 0 Å². The summed E-state index contributed by atoms with van der Waals surface area (Å²) in [5, 5.41) is 0. The molecule has 1 heterocycles. The number of carbonyl (C=O) groups is 1. The average molecular weight is 440 g/mol. The number of hydrogen-bond donors (Lipinski definition) is 0. The second kappa shape index (κ2) is 7.27. The van der Waals surface area contributed by atoms with Crippen molar-refractivity contribution in [2.75, 3.05) is 13.2 Å². The van der Waals surface area contributed by atoms with Crippen molar-refractivity contribution in [3.63, 3.8) is 0 Å². The van der Waals surface area contributed by atoms with Crippen molar-refractivity contribution < 1.29 is 23.0 Å². The summed E-state index contributed by atoms with van der Waals surface area (Å²) in [6.07, 6.45) is -0.665. The van der Waals surface area contributed by atoms with Crippen LogP contribution >= 0.6 is 0 Å². The summed E-state index contributed by atoms with van der Waals surface area (Å²) in [6, 6.07) is 25.0. The highest BCUT2D eigenvalue weighted by atomic mass is 19.1. The fourth-order valence-electron chi connectivity index (χ4n) is 4.92. The normalized spacial score (nSPS) is 15.5. The molecule has 1 spiro atoms. The highest BCUT2D eigenvalue weighted by Crippen LogP contribution is 2.52. The van der Waals surface area contributed by atoms with Crippen molar-refractivity contribution in [3.8, 4) is 33.4 Å². The summed E-state index contributed by atoms with van der Waals surface area (Å²) < 4.78 is 37.6. The smallest absolute Gasteiger partial charge is 0.433 e. The van der Waals surface area contributed by atoms with E-state index in [0.29, 0.717) is 0 Å². The summed E-state index contributed by atoms with van der Waals surface area (Å²) in [5.41, 5.74) is 7.19. The molecule has 0 radical (unpaired) electrons.